The molecule has 1 amide bonds. The lowest BCUT2D eigenvalue weighted by Gasteiger charge is -2.11. The SMILES string of the molecule is CN(C)CCCOC(=O)Nc1cccc(Cn2nc(-c3cc(Cl)cc(Cl)c3)ccc2=O)c1.Cl. The van der Waals surface area contributed by atoms with Crippen LogP contribution in [0.2, 0.25) is 10.0 Å². The summed E-state index contributed by atoms with van der Waals surface area (Å²) in [5.41, 5.74) is 2.41. The monoisotopic (exact) mass is 510 g/mol. The van der Waals surface area contributed by atoms with Crippen molar-refractivity contribution in [3.8, 4) is 11.3 Å². The molecule has 0 aliphatic heterocycles. The van der Waals surface area contributed by atoms with Crippen molar-refractivity contribution in [2.45, 2.75) is 13.0 Å². The van der Waals surface area contributed by atoms with E-state index in [1.165, 1.54) is 10.7 Å². The van der Waals surface area contributed by atoms with E-state index < -0.39 is 6.09 Å². The molecule has 3 aromatic rings. The van der Waals surface area contributed by atoms with E-state index in [4.69, 9.17) is 27.9 Å². The number of amides is 1. The minimum Gasteiger partial charge on any atom is -0.449 e. The number of hydrogen-bond donors (Lipinski definition) is 1. The van der Waals surface area contributed by atoms with Gasteiger partial charge in [0.1, 0.15) is 0 Å². The predicted molar refractivity (Wildman–Crippen MR) is 135 cm³/mol. The molecule has 0 saturated carbocycles. The van der Waals surface area contributed by atoms with Crippen LogP contribution >= 0.6 is 35.6 Å². The summed E-state index contributed by atoms with van der Waals surface area (Å²) in [4.78, 5) is 26.4. The number of aromatic nitrogens is 2. The number of benzene rings is 2. The van der Waals surface area contributed by atoms with E-state index in [9.17, 15) is 9.59 Å². The Hall–Kier alpha value is -2.58. The number of hydrogen-bond acceptors (Lipinski definition) is 5. The highest BCUT2D eigenvalue weighted by atomic mass is 35.5. The second-order valence-corrected chi connectivity index (χ2v) is 8.36. The minimum atomic E-state index is -0.518. The predicted octanol–water partition coefficient (Wildman–Crippen LogP) is 5.19. The largest absolute Gasteiger partial charge is 0.449 e. The van der Waals surface area contributed by atoms with Crippen molar-refractivity contribution in [2.24, 2.45) is 0 Å². The number of anilines is 1. The van der Waals surface area contributed by atoms with E-state index in [2.05, 4.69) is 10.4 Å². The van der Waals surface area contributed by atoms with Crippen LogP contribution in [-0.2, 0) is 11.3 Å². The van der Waals surface area contributed by atoms with Crippen LogP contribution in [0.5, 0.6) is 0 Å². The molecule has 0 saturated heterocycles. The molecule has 1 N–H and O–H groups in total. The fourth-order valence-electron chi connectivity index (χ4n) is 3.04. The molecule has 0 radical (unpaired) electrons. The van der Waals surface area contributed by atoms with E-state index in [0.717, 1.165) is 18.5 Å². The molecule has 0 spiro atoms. The highest BCUT2D eigenvalue weighted by Gasteiger charge is 2.08. The number of carbonyl (C=O) groups is 1. The topological polar surface area (TPSA) is 76.5 Å². The lowest BCUT2D eigenvalue weighted by molar-refractivity contribution is 0.156. The van der Waals surface area contributed by atoms with Crippen LogP contribution in [0.4, 0.5) is 10.5 Å². The Labute approximate surface area is 208 Å². The first-order valence-corrected chi connectivity index (χ1v) is 10.8. The summed E-state index contributed by atoms with van der Waals surface area (Å²) in [6.07, 6.45) is 0.236. The van der Waals surface area contributed by atoms with Gasteiger partial charge in [-0.1, -0.05) is 35.3 Å². The summed E-state index contributed by atoms with van der Waals surface area (Å²) >= 11 is 12.2. The number of halogens is 3. The van der Waals surface area contributed by atoms with Gasteiger partial charge in [0.05, 0.1) is 18.8 Å². The van der Waals surface area contributed by atoms with Crippen molar-refractivity contribution in [3.63, 3.8) is 0 Å². The second-order valence-electron chi connectivity index (χ2n) is 7.49. The number of carbonyl (C=O) groups excluding carboxylic acids is 1. The summed E-state index contributed by atoms with van der Waals surface area (Å²) < 4.78 is 6.54. The van der Waals surface area contributed by atoms with Gasteiger partial charge in [0, 0.05) is 33.9 Å². The maximum atomic E-state index is 12.4. The molecular formula is C23H25Cl3N4O3. The van der Waals surface area contributed by atoms with Gasteiger partial charge in [0.15, 0.2) is 0 Å². The summed E-state index contributed by atoms with van der Waals surface area (Å²) in [5, 5.41) is 8.13. The summed E-state index contributed by atoms with van der Waals surface area (Å²) in [6.45, 7) is 1.41. The molecule has 0 unspecified atom stereocenters. The van der Waals surface area contributed by atoms with E-state index >= 15 is 0 Å². The Bertz CT molecular complexity index is 1130. The molecule has 1 aromatic heterocycles. The molecule has 7 nitrogen and oxygen atoms in total. The van der Waals surface area contributed by atoms with E-state index in [-0.39, 0.29) is 24.5 Å². The maximum absolute atomic E-state index is 12.4. The van der Waals surface area contributed by atoms with Crippen molar-refractivity contribution in [1.29, 1.82) is 0 Å². The molecule has 0 aliphatic rings. The summed E-state index contributed by atoms with van der Waals surface area (Å²) in [7, 11) is 3.93. The molecule has 0 atom stereocenters. The standard InChI is InChI=1S/C23H24Cl2N4O3.ClH/c1-28(2)9-4-10-32-23(31)26-20-6-3-5-16(11-20)15-29-22(30)8-7-21(27-29)17-12-18(24)14-19(25)13-17;/h3,5-8,11-14H,4,9-10,15H2,1-2H3,(H,26,31);1H. The Balaban J connectivity index is 0.00000385. The van der Waals surface area contributed by atoms with Crippen molar-refractivity contribution < 1.29 is 9.53 Å². The van der Waals surface area contributed by atoms with Gasteiger partial charge in [0.2, 0.25) is 0 Å². The molecule has 0 bridgehead atoms. The van der Waals surface area contributed by atoms with Gasteiger partial charge < -0.3 is 9.64 Å². The maximum Gasteiger partial charge on any atom is 0.411 e. The lowest BCUT2D eigenvalue weighted by Crippen LogP contribution is -2.23. The zero-order chi connectivity index (χ0) is 23.1. The lowest BCUT2D eigenvalue weighted by atomic mass is 10.1. The average Bonchev–Trinajstić information content (AvgIpc) is 2.72. The van der Waals surface area contributed by atoms with Crippen LogP contribution < -0.4 is 10.9 Å². The van der Waals surface area contributed by atoms with Gasteiger partial charge in [-0.3, -0.25) is 10.1 Å². The van der Waals surface area contributed by atoms with Crippen molar-refractivity contribution in [1.82, 2.24) is 14.7 Å². The zero-order valence-electron chi connectivity index (χ0n) is 18.3. The van der Waals surface area contributed by atoms with Gasteiger partial charge in [-0.25, -0.2) is 9.48 Å². The van der Waals surface area contributed by atoms with E-state index in [0.29, 0.717) is 33.6 Å². The normalized spacial score (nSPS) is 10.6. The molecular weight excluding hydrogens is 487 g/mol. The molecule has 0 aliphatic carbocycles. The van der Waals surface area contributed by atoms with Crippen molar-refractivity contribution >= 4 is 47.4 Å². The zero-order valence-corrected chi connectivity index (χ0v) is 20.6. The molecule has 2 aromatic carbocycles. The van der Waals surface area contributed by atoms with Crippen LogP contribution in [0.1, 0.15) is 12.0 Å². The first-order chi connectivity index (χ1) is 15.3. The van der Waals surface area contributed by atoms with Crippen molar-refractivity contribution in [3.05, 3.63) is 80.6 Å². The number of nitrogens with zero attached hydrogens (tertiary/aromatic N) is 3. The highest BCUT2D eigenvalue weighted by Crippen LogP contribution is 2.25. The van der Waals surface area contributed by atoms with Gasteiger partial charge in [-0.15, -0.1) is 12.4 Å². The molecule has 0 fully saturated rings. The highest BCUT2D eigenvalue weighted by molar-refractivity contribution is 6.35. The molecule has 10 heteroatoms. The Kier molecular flexibility index (Phi) is 10.2. The third-order valence-corrected chi connectivity index (χ3v) is 4.95. The number of ether oxygens (including phenoxy) is 1. The van der Waals surface area contributed by atoms with Crippen LogP contribution in [-0.4, -0.2) is 48.0 Å². The third kappa shape index (κ3) is 8.37. The Morgan fingerprint density at radius 3 is 2.52 bits per heavy atom. The van der Waals surface area contributed by atoms with Crippen LogP contribution in [0.25, 0.3) is 11.3 Å². The number of nitrogens with one attached hydrogen (secondary N) is 1. The Morgan fingerprint density at radius 1 is 1.09 bits per heavy atom. The average molecular weight is 512 g/mol. The molecule has 33 heavy (non-hydrogen) atoms. The van der Waals surface area contributed by atoms with Gasteiger partial charge >= 0.3 is 6.09 Å². The quantitative estimate of drug-likeness (QED) is 0.421. The number of rotatable bonds is 8. The third-order valence-electron chi connectivity index (χ3n) is 4.51. The smallest absolute Gasteiger partial charge is 0.411 e. The molecule has 3 rings (SSSR count). The first-order valence-electron chi connectivity index (χ1n) is 10.0. The van der Waals surface area contributed by atoms with Gasteiger partial charge in [0.25, 0.3) is 5.56 Å². The van der Waals surface area contributed by atoms with E-state index in [1.54, 1.807) is 42.5 Å². The Morgan fingerprint density at radius 2 is 1.82 bits per heavy atom. The summed E-state index contributed by atoms with van der Waals surface area (Å²) in [5.74, 6) is 0. The van der Waals surface area contributed by atoms with Gasteiger partial charge in [-0.2, -0.15) is 5.10 Å². The van der Waals surface area contributed by atoms with Crippen LogP contribution in [0.3, 0.4) is 0 Å². The van der Waals surface area contributed by atoms with Crippen LogP contribution in [0.15, 0.2) is 59.4 Å². The molecule has 1 heterocycles. The fourth-order valence-corrected chi connectivity index (χ4v) is 3.56. The minimum absolute atomic E-state index is 0. The van der Waals surface area contributed by atoms with E-state index in [1.807, 2.05) is 25.1 Å². The first kappa shape index (κ1) is 26.7. The van der Waals surface area contributed by atoms with Crippen LogP contribution in [0, 0.1) is 0 Å². The summed E-state index contributed by atoms with van der Waals surface area (Å²) in [6, 6.07) is 15.4. The van der Waals surface area contributed by atoms with Crippen molar-refractivity contribution in [2.75, 3.05) is 32.6 Å². The van der Waals surface area contributed by atoms with Gasteiger partial charge in [-0.05, 0) is 62.5 Å². The second kappa shape index (κ2) is 12.6. The molecule has 176 valence electrons. The fraction of sp³-hybridized carbons (Fsp3) is 0.261.